The Kier molecular flexibility index (Phi) is 5.20. The second kappa shape index (κ2) is 6.26. The van der Waals surface area contributed by atoms with Crippen LogP contribution >= 0.6 is 0 Å². The van der Waals surface area contributed by atoms with Gasteiger partial charge in [0.05, 0.1) is 5.41 Å². The van der Waals surface area contributed by atoms with Crippen LogP contribution in [0.25, 0.3) is 0 Å². The van der Waals surface area contributed by atoms with Crippen molar-refractivity contribution in [2.45, 2.75) is 40.5 Å². The summed E-state index contributed by atoms with van der Waals surface area (Å²) in [5.41, 5.74) is -0.679. The molecule has 2 amide bonds. The molecule has 1 saturated heterocycles. The summed E-state index contributed by atoms with van der Waals surface area (Å²) in [4.78, 5) is 24.8. The molecule has 0 saturated carbocycles. The number of rotatable bonds is 4. The van der Waals surface area contributed by atoms with Crippen molar-refractivity contribution in [2.24, 2.45) is 17.3 Å². The van der Waals surface area contributed by atoms with E-state index in [1.807, 2.05) is 0 Å². The normalized spacial score (nSPS) is 20.2. The first-order valence-corrected chi connectivity index (χ1v) is 7.02. The summed E-state index contributed by atoms with van der Waals surface area (Å²) in [5.74, 6) is 0.218. The Balaban J connectivity index is 2.39. The number of urea groups is 1. The lowest BCUT2D eigenvalue weighted by atomic mass is 9.80. The highest BCUT2D eigenvalue weighted by Gasteiger charge is 2.37. The summed E-state index contributed by atoms with van der Waals surface area (Å²) in [6.45, 7) is 9.85. The molecule has 0 aliphatic carbocycles. The van der Waals surface area contributed by atoms with Crippen molar-refractivity contribution in [2.75, 3.05) is 19.6 Å². The monoisotopic (exact) mass is 270 g/mol. The second-order valence-corrected chi connectivity index (χ2v) is 6.26. The Morgan fingerprint density at radius 3 is 2.21 bits per heavy atom. The molecule has 1 fully saturated rings. The van der Waals surface area contributed by atoms with E-state index < -0.39 is 11.4 Å². The Morgan fingerprint density at radius 2 is 1.79 bits per heavy atom. The summed E-state index contributed by atoms with van der Waals surface area (Å²) < 4.78 is 0. The van der Waals surface area contributed by atoms with E-state index in [1.54, 1.807) is 11.8 Å². The second-order valence-electron chi connectivity index (χ2n) is 6.26. The number of hydrogen-bond acceptors (Lipinski definition) is 2. The first kappa shape index (κ1) is 15.8. The van der Waals surface area contributed by atoms with Gasteiger partial charge >= 0.3 is 12.0 Å². The van der Waals surface area contributed by atoms with Crippen LogP contribution in [0, 0.1) is 17.3 Å². The molecule has 19 heavy (non-hydrogen) atoms. The number of piperidine rings is 1. The number of amides is 2. The van der Waals surface area contributed by atoms with E-state index >= 15 is 0 Å². The van der Waals surface area contributed by atoms with Gasteiger partial charge in [0, 0.05) is 19.6 Å². The van der Waals surface area contributed by atoms with E-state index in [4.69, 9.17) is 5.11 Å². The maximum absolute atomic E-state index is 12.0. The first-order valence-electron chi connectivity index (χ1n) is 7.02. The number of aliphatic carboxylic acids is 1. The van der Waals surface area contributed by atoms with Gasteiger partial charge in [0.1, 0.15) is 0 Å². The fourth-order valence-electron chi connectivity index (χ4n) is 2.01. The average Bonchev–Trinajstić information content (AvgIpc) is 2.36. The van der Waals surface area contributed by atoms with E-state index in [-0.39, 0.29) is 6.03 Å². The third-order valence-corrected chi connectivity index (χ3v) is 4.38. The maximum Gasteiger partial charge on any atom is 0.317 e. The molecule has 1 aliphatic heterocycles. The van der Waals surface area contributed by atoms with E-state index in [0.717, 1.165) is 0 Å². The number of nitrogens with one attached hydrogen (secondary N) is 1. The van der Waals surface area contributed by atoms with Crippen LogP contribution in [0.2, 0.25) is 0 Å². The quantitative estimate of drug-likeness (QED) is 0.822. The molecule has 0 aromatic rings. The Bertz CT molecular complexity index is 334. The molecule has 5 heteroatoms. The van der Waals surface area contributed by atoms with Gasteiger partial charge in [-0.15, -0.1) is 0 Å². The molecule has 1 aliphatic rings. The molecule has 1 unspecified atom stereocenters. The number of likely N-dealkylation sites (tertiary alicyclic amines) is 1. The smallest absolute Gasteiger partial charge is 0.317 e. The lowest BCUT2D eigenvalue weighted by molar-refractivity contribution is -0.150. The summed E-state index contributed by atoms with van der Waals surface area (Å²) in [7, 11) is 0. The van der Waals surface area contributed by atoms with Crippen LogP contribution in [-0.4, -0.2) is 41.6 Å². The summed E-state index contributed by atoms with van der Waals surface area (Å²) in [6, 6.07) is -0.0695. The Labute approximate surface area is 115 Å². The standard InChI is InChI=1S/C14H26N2O3/c1-10(2)11(3)9-15-13(19)16-7-5-14(4,6-8-16)12(17)18/h10-11H,5-9H2,1-4H3,(H,15,19)(H,17,18). The number of nitrogens with zero attached hydrogens (tertiary/aromatic N) is 1. The van der Waals surface area contributed by atoms with Crippen LogP contribution in [0.4, 0.5) is 4.79 Å². The van der Waals surface area contributed by atoms with Crippen LogP contribution in [0.3, 0.4) is 0 Å². The molecular formula is C14H26N2O3. The first-order chi connectivity index (χ1) is 8.76. The molecule has 0 spiro atoms. The molecule has 1 atom stereocenters. The van der Waals surface area contributed by atoms with Crippen molar-refractivity contribution in [3.63, 3.8) is 0 Å². The van der Waals surface area contributed by atoms with E-state index in [0.29, 0.717) is 44.3 Å². The Hall–Kier alpha value is -1.26. The number of carboxylic acid groups (broad SMARTS) is 1. The highest BCUT2D eigenvalue weighted by Crippen LogP contribution is 2.30. The van der Waals surface area contributed by atoms with Crippen LogP contribution in [-0.2, 0) is 4.79 Å². The summed E-state index contributed by atoms with van der Waals surface area (Å²) in [6.07, 6.45) is 1.05. The predicted molar refractivity (Wildman–Crippen MR) is 74.0 cm³/mol. The zero-order valence-corrected chi connectivity index (χ0v) is 12.4. The van der Waals surface area contributed by atoms with Crippen molar-refractivity contribution in [1.82, 2.24) is 10.2 Å². The SMILES string of the molecule is CC(C)C(C)CNC(=O)N1CCC(C)(C(=O)O)CC1. The third kappa shape index (κ3) is 4.11. The molecule has 2 N–H and O–H groups in total. The summed E-state index contributed by atoms with van der Waals surface area (Å²) in [5, 5.41) is 12.1. The van der Waals surface area contributed by atoms with Gasteiger partial charge in [-0.2, -0.15) is 0 Å². The highest BCUT2D eigenvalue weighted by atomic mass is 16.4. The highest BCUT2D eigenvalue weighted by molar-refractivity contribution is 5.76. The summed E-state index contributed by atoms with van der Waals surface area (Å²) >= 11 is 0. The van der Waals surface area contributed by atoms with Crippen LogP contribution < -0.4 is 5.32 Å². The van der Waals surface area contributed by atoms with E-state index in [1.165, 1.54) is 0 Å². The van der Waals surface area contributed by atoms with Gasteiger partial charge in [-0.25, -0.2) is 4.79 Å². The van der Waals surface area contributed by atoms with Crippen molar-refractivity contribution < 1.29 is 14.7 Å². The van der Waals surface area contributed by atoms with E-state index in [9.17, 15) is 9.59 Å². The zero-order valence-electron chi connectivity index (χ0n) is 12.4. The molecule has 0 radical (unpaired) electrons. The lowest BCUT2D eigenvalue weighted by Gasteiger charge is -2.36. The van der Waals surface area contributed by atoms with Crippen molar-refractivity contribution >= 4 is 12.0 Å². The van der Waals surface area contributed by atoms with E-state index in [2.05, 4.69) is 26.1 Å². The van der Waals surface area contributed by atoms with Gasteiger partial charge in [-0.3, -0.25) is 4.79 Å². The fourth-order valence-corrected chi connectivity index (χ4v) is 2.01. The van der Waals surface area contributed by atoms with Gasteiger partial charge in [0.2, 0.25) is 0 Å². The minimum Gasteiger partial charge on any atom is -0.481 e. The molecule has 0 aromatic carbocycles. The number of carbonyl (C=O) groups excluding carboxylic acids is 1. The van der Waals surface area contributed by atoms with Crippen LogP contribution in [0.15, 0.2) is 0 Å². The largest absolute Gasteiger partial charge is 0.481 e. The molecule has 0 bridgehead atoms. The number of carboxylic acids is 1. The predicted octanol–water partition coefficient (Wildman–Crippen LogP) is 2.17. The van der Waals surface area contributed by atoms with Gasteiger partial charge < -0.3 is 15.3 Å². The molecule has 0 aromatic heterocycles. The third-order valence-electron chi connectivity index (χ3n) is 4.38. The molecule has 1 rings (SSSR count). The van der Waals surface area contributed by atoms with Crippen LogP contribution in [0.1, 0.15) is 40.5 Å². The minimum atomic E-state index is -0.763. The van der Waals surface area contributed by atoms with Gasteiger partial charge in [0.25, 0.3) is 0 Å². The topological polar surface area (TPSA) is 69.6 Å². The molecule has 1 heterocycles. The Morgan fingerprint density at radius 1 is 1.26 bits per heavy atom. The minimum absolute atomic E-state index is 0.0695. The zero-order chi connectivity index (χ0) is 14.6. The van der Waals surface area contributed by atoms with Gasteiger partial charge in [-0.1, -0.05) is 20.8 Å². The van der Waals surface area contributed by atoms with Gasteiger partial charge in [0.15, 0.2) is 0 Å². The lowest BCUT2D eigenvalue weighted by Crippen LogP contribution is -2.49. The molecule has 5 nitrogen and oxygen atoms in total. The van der Waals surface area contributed by atoms with Gasteiger partial charge in [-0.05, 0) is 31.6 Å². The van der Waals surface area contributed by atoms with Crippen molar-refractivity contribution in [3.05, 3.63) is 0 Å². The molecular weight excluding hydrogens is 244 g/mol. The number of carbonyl (C=O) groups is 2. The fraction of sp³-hybridized carbons (Fsp3) is 0.857. The number of hydrogen-bond donors (Lipinski definition) is 2. The molecule has 110 valence electrons. The van der Waals surface area contributed by atoms with Crippen molar-refractivity contribution in [3.8, 4) is 0 Å². The van der Waals surface area contributed by atoms with Crippen molar-refractivity contribution in [1.29, 1.82) is 0 Å². The average molecular weight is 270 g/mol. The van der Waals surface area contributed by atoms with Crippen LogP contribution in [0.5, 0.6) is 0 Å². The maximum atomic E-state index is 12.0.